The zero-order valence-corrected chi connectivity index (χ0v) is 10.9. The summed E-state index contributed by atoms with van der Waals surface area (Å²) < 4.78 is 0. The number of carbonyl (C=O) groups excluding carboxylic acids is 1. The van der Waals surface area contributed by atoms with Gasteiger partial charge in [0.05, 0.1) is 12.5 Å². The van der Waals surface area contributed by atoms with E-state index in [0.717, 1.165) is 24.2 Å². The minimum atomic E-state index is -0.116. The number of fused-ring (bicyclic) bond motifs is 1. The van der Waals surface area contributed by atoms with Crippen molar-refractivity contribution in [1.29, 1.82) is 0 Å². The fourth-order valence-electron chi connectivity index (χ4n) is 2.09. The van der Waals surface area contributed by atoms with Gasteiger partial charge in [-0.25, -0.2) is 5.48 Å². The number of para-hydroxylation sites is 1. The normalized spacial score (nSPS) is 18.1. The zero-order valence-electron chi connectivity index (χ0n) is 10.9. The van der Waals surface area contributed by atoms with E-state index < -0.39 is 0 Å². The Labute approximate surface area is 108 Å². The molecule has 1 atom stereocenters. The topological polar surface area (TPSA) is 50.4 Å². The van der Waals surface area contributed by atoms with Crippen LogP contribution < -0.4 is 10.8 Å². The number of amides is 1. The summed E-state index contributed by atoms with van der Waals surface area (Å²) in [5, 5.41) is 3.30. The first-order chi connectivity index (χ1) is 8.68. The predicted molar refractivity (Wildman–Crippen MR) is 71.2 cm³/mol. The van der Waals surface area contributed by atoms with Crippen molar-refractivity contribution in [3.63, 3.8) is 0 Å². The van der Waals surface area contributed by atoms with Gasteiger partial charge in [0.1, 0.15) is 0 Å². The lowest BCUT2D eigenvalue weighted by atomic mass is 9.90. The van der Waals surface area contributed by atoms with Crippen LogP contribution in [0.4, 0.5) is 5.69 Å². The molecule has 98 valence electrons. The second-order valence-corrected chi connectivity index (χ2v) is 5.03. The summed E-state index contributed by atoms with van der Waals surface area (Å²) in [4.78, 5) is 17.3. The average Bonchev–Trinajstić information content (AvgIpc) is 2.37. The first-order valence-electron chi connectivity index (χ1n) is 6.43. The maximum atomic E-state index is 12.1. The monoisotopic (exact) mass is 248 g/mol. The molecule has 1 unspecified atom stereocenters. The molecule has 1 aromatic rings. The number of nitrogens with one attached hydrogen (secondary N) is 2. The summed E-state index contributed by atoms with van der Waals surface area (Å²) in [6, 6.07) is 7.93. The highest BCUT2D eigenvalue weighted by atomic mass is 16.6. The molecular formula is C14H20N2O2. The van der Waals surface area contributed by atoms with Gasteiger partial charge in [0, 0.05) is 12.2 Å². The second-order valence-electron chi connectivity index (χ2n) is 5.03. The third kappa shape index (κ3) is 3.01. The van der Waals surface area contributed by atoms with Gasteiger partial charge in [-0.1, -0.05) is 32.0 Å². The van der Waals surface area contributed by atoms with Crippen LogP contribution in [0.1, 0.15) is 31.7 Å². The number of carbonyl (C=O) groups is 1. The lowest BCUT2D eigenvalue weighted by Crippen LogP contribution is -2.33. The molecule has 0 aliphatic carbocycles. The summed E-state index contributed by atoms with van der Waals surface area (Å²) in [7, 11) is 0. The lowest BCUT2D eigenvalue weighted by molar-refractivity contribution is -0.136. The Bertz CT molecular complexity index is 418. The number of hydrogen-bond donors (Lipinski definition) is 2. The highest BCUT2D eigenvalue weighted by Crippen LogP contribution is 2.31. The van der Waals surface area contributed by atoms with Gasteiger partial charge < -0.3 is 5.32 Å². The smallest absolute Gasteiger partial charge is 0.251 e. The molecule has 0 spiro atoms. The van der Waals surface area contributed by atoms with Crippen LogP contribution >= 0.6 is 0 Å². The van der Waals surface area contributed by atoms with E-state index in [1.165, 1.54) is 0 Å². The molecule has 2 N–H and O–H groups in total. The van der Waals surface area contributed by atoms with Crippen molar-refractivity contribution in [2.24, 2.45) is 5.92 Å². The van der Waals surface area contributed by atoms with Gasteiger partial charge in [-0.3, -0.25) is 9.63 Å². The minimum Gasteiger partial charge on any atom is -0.385 e. The molecule has 18 heavy (non-hydrogen) atoms. The van der Waals surface area contributed by atoms with Crippen molar-refractivity contribution in [1.82, 2.24) is 5.48 Å². The van der Waals surface area contributed by atoms with Crippen LogP contribution in [0, 0.1) is 5.92 Å². The SMILES string of the molecule is CC(C)CONC(=O)C1CCNc2ccccc21. The largest absolute Gasteiger partial charge is 0.385 e. The summed E-state index contributed by atoms with van der Waals surface area (Å²) in [5.41, 5.74) is 4.66. The average molecular weight is 248 g/mol. The Kier molecular flexibility index (Phi) is 4.20. The number of anilines is 1. The van der Waals surface area contributed by atoms with E-state index in [4.69, 9.17) is 4.84 Å². The van der Waals surface area contributed by atoms with Gasteiger partial charge in [-0.05, 0) is 24.0 Å². The molecule has 0 saturated heterocycles. The van der Waals surface area contributed by atoms with Crippen LogP contribution in [0.3, 0.4) is 0 Å². The number of hydroxylamine groups is 1. The van der Waals surface area contributed by atoms with Crippen LogP contribution in [-0.4, -0.2) is 19.1 Å². The van der Waals surface area contributed by atoms with Gasteiger partial charge in [0.25, 0.3) is 5.91 Å². The zero-order chi connectivity index (χ0) is 13.0. The number of hydrogen-bond acceptors (Lipinski definition) is 3. The Morgan fingerprint density at radius 3 is 3.06 bits per heavy atom. The first kappa shape index (κ1) is 12.9. The maximum Gasteiger partial charge on any atom is 0.251 e. The van der Waals surface area contributed by atoms with E-state index in [2.05, 4.69) is 10.8 Å². The highest BCUT2D eigenvalue weighted by molar-refractivity contribution is 5.85. The van der Waals surface area contributed by atoms with Crippen LogP contribution in [0.2, 0.25) is 0 Å². The van der Waals surface area contributed by atoms with Crippen LogP contribution in [0.15, 0.2) is 24.3 Å². The molecule has 0 bridgehead atoms. The van der Waals surface area contributed by atoms with E-state index >= 15 is 0 Å². The molecule has 4 heteroatoms. The van der Waals surface area contributed by atoms with Crippen molar-refractivity contribution >= 4 is 11.6 Å². The molecule has 0 fully saturated rings. The molecule has 1 aliphatic rings. The van der Waals surface area contributed by atoms with Gasteiger partial charge >= 0.3 is 0 Å². The molecule has 2 rings (SSSR count). The van der Waals surface area contributed by atoms with Crippen LogP contribution in [-0.2, 0) is 9.63 Å². The van der Waals surface area contributed by atoms with E-state index in [1.807, 2.05) is 38.1 Å². The standard InChI is InChI=1S/C14H20N2O2/c1-10(2)9-18-16-14(17)12-7-8-15-13-6-4-3-5-11(12)13/h3-6,10,12,15H,7-9H2,1-2H3,(H,16,17). The molecule has 1 aliphatic heterocycles. The molecule has 0 aromatic heterocycles. The van der Waals surface area contributed by atoms with Gasteiger partial charge in [-0.2, -0.15) is 0 Å². The maximum absolute atomic E-state index is 12.1. The second kappa shape index (κ2) is 5.87. The molecule has 4 nitrogen and oxygen atoms in total. The van der Waals surface area contributed by atoms with Crippen LogP contribution in [0.5, 0.6) is 0 Å². The van der Waals surface area contributed by atoms with Crippen molar-refractivity contribution in [3.8, 4) is 0 Å². The Morgan fingerprint density at radius 1 is 1.50 bits per heavy atom. The summed E-state index contributed by atoms with van der Waals surface area (Å²) in [5.74, 6) is 0.241. The van der Waals surface area contributed by atoms with Gasteiger partial charge in [-0.15, -0.1) is 0 Å². The molecule has 1 heterocycles. The third-order valence-corrected chi connectivity index (χ3v) is 2.99. The highest BCUT2D eigenvalue weighted by Gasteiger charge is 2.26. The first-order valence-corrected chi connectivity index (χ1v) is 6.43. The molecule has 0 radical (unpaired) electrons. The van der Waals surface area contributed by atoms with Gasteiger partial charge in [0.15, 0.2) is 0 Å². The van der Waals surface area contributed by atoms with Gasteiger partial charge in [0.2, 0.25) is 0 Å². The van der Waals surface area contributed by atoms with E-state index in [1.54, 1.807) is 0 Å². The summed E-state index contributed by atoms with van der Waals surface area (Å²) in [6.45, 7) is 5.45. The molecule has 0 saturated carbocycles. The number of rotatable bonds is 4. The van der Waals surface area contributed by atoms with E-state index in [9.17, 15) is 4.79 Å². The minimum absolute atomic E-state index is 0.0513. The summed E-state index contributed by atoms with van der Waals surface area (Å²) in [6.07, 6.45) is 0.799. The fourth-order valence-corrected chi connectivity index (χ4v) is 2.09. The summed E-state index contributed by atoms with van der Waals surface area (Å²) >= 11 is 0. The quantitative estimate of drug-likeness (QED) is 0.804. The predicted octanol–water partition coefficient (Wildman–Crippen LogP) is 2.29. The third-order valence-electron chi connectivity index (χ3n) is 2.99. The van der Waals surface area contributed by atoms with E-state index in [-0.39, 0.29) is 11.8 Å². The molecule has 1 aromatic carbocycles. The van der Waals surface area contributed by atoms with Crippen molar-refractivity contribution in [2.75, 3.05) is 18.5 Å². The fraction of sp³-hybridized carbons (Fsp3) is 0.500. The van der Waals surface area contributed by atoms with Crippen molar-refractivity contribution in [2.45, 2.75) is 26.2 Å². The Morgan fingerprint density at radius 2 is 2.28 bits per heavy atom. The lowest BCUT2D eigenvalue weighted by Gasteiger charge is -2.25. The molecular weight excluding hydrogens is 228 g/mol. The molecule has 1 amide bonds. The number of benzene rings is 1. The Balaban J connectivity index is 1.99. The van der Waals surface area contributed by atoms with Crippen molar-refractivity contribution < 1.29 is 9.63 Å². The van der Waals surface area contributed by atoms with Crippen molar-refractivity contribution in [3.05, 3.63) is 29.8 Å². The van der Waals surface area contributed by atoms with Crippen LogP contribution in [0.25, 0.3) is 0 Å². The van der Waals surface area contributed by atoms with E-state index in [0.29, 0.717) is 12.5 Å². The Hall–Kier alpha value is -1.55.